The number of nitrogens with zero attached hydrogens (tertiary/aromatic N) is 2. The zero-order valence-corrected chi connectivity index (χ0v) is 18.9. The third kappa shape index (κ3) is 4.38. The van der Waals surface area contributed by atoms with Gasteiger partial charge in [0.05, 0.1) is 15.6 Å². The smallest absolute Gasteiger partial charge is 0.257 e. The standard InChI is InChI=1S/C20H17Cl2N3O3S2/c1-25(14-5-6-14)30(27,28)15-7-2-12(3-8-15)19(26)24-20-23-18(11-29-20)16-10-13(21)4-9-17(16)22/h2-4,7-11,14H,5-6H2,1H3,(H,23,24,26). The number of halogens is 2. The molecule has 30 heavy (non-hydrogen) atoms. The van der Waals surface area contributed by atoms with Crippen LogP contribution in [0.15, 0.2) is 52.7 Å². The van der Waals surface area contributed by atoms with E-state index in [-0.39, 0.29) is 16.8 Å². The van der Waals surface area contributed by atoms with Crippen LogP contribution in [0.3, 0.4) is 0 Å². The monoisotopic (exact) mass is 481 g/mol. The van der Waals surface area contributed by atoms with Crippen LogP contribution in [0, 0.1) is 0 Å². The maximum absolute atomic E-state index is 12.6. The number of rotatable bonds is 6. The molecule has 0 aliphatic heterocycles. The molecule has 0 radical (unpaired) electrons. The average Bonchev–Trinajstić information content (AvgIpc) is 3.48. The minimum Gasteiger partial charge on any atom is -0.298 e. The lowest BCUT2D eigenvalue weighted by atomic mass is 10.2. The number of carbonyl (C=O) groups excluding carboxylic acids is 1. The molecule has 6 nitrogen and oxygen atoms in total. The molecule has 156 valence electrons. The molecule has 1 heterocycles. The number of sulfonamides is 1. The van der Waals surface area contributed by atoms with E-state index in [9.17, 15) is 13.2 Å². The van der Waals surface area contributed by atoms with Gasteiger partial charge in [-0.15, -0.1) is 11.3 Å². The van der Waals surface area contributed by atoms with Crippen LogP contribution in [0.1, 0.15) is 23.2 Å². The van der Waals surface area contributed by atoms with Crippen molar-refractivity contribution in [2.24, 2.45) is 0 Å². The fraction of sp³-hybridized carbons (Fsp3) is 0.200. The first-order chi connectivity index (χ1) is 14.3. The second-order valence-corrected chi connectivity index (χ2v) is 10.6. The lowest BCUT2D eigenvalue weighted by Crippen LogP contribution is -2.29. The molecule has 0 saturated heterocycles. The molecular weight excluding hydrogens is 465 g/mol. The maximum atomic E-state index is 12.6. The van der Waals surface area contributed by atoms with E-state index in [0.717, 1.165) is 12.8 Å². The Hall–Kier alpha value is -1.97. The summed E-state index contributed by atoms with van der Waals surface area (Å²) in [5.74, 6) is -0.382. The maximum Gasteiger partial charge on any atom is 0.257 e. The van der Waals surface area contributed by atoms with Gasteiger partial charge in [-0.3, -0.25) is 10.1 Å². The van der Waals surface area contributed by atoms with Gasteiger partial charge in [-0.1, -0.05) is 23.2 Å². The van der Waals surface area contributed by atoms with Gasteiger partial charge in [-0.05, 0) is 55.3 Å². The number of anilines is 1. The predicted octanol–water partition coefficient (Wildman–Crippen LogP) is 5.15. The number of thiazole rings is 1. The van der Waals surface area contributed by atoms with Crippen molar-refractivity contribution >= 4 is 55.6 Å². The molecule has 2 aromatic carbocycles. The average molecular weight is 482 g/mol. The highest BCUT2D eigenvalue weighted by atomic mass is 35.5. The van der Waals surface area contributed by atoms with E-state index in [0.29, 0.717) is 32.0 Å². The second-order valence-electron chi connectivity index (χ2n) is 6.89. The van der Waals surface area contributed by atoms with Crippen molar-refractivity contribution in [2.45, 2.75) is 23.8 Å². The van der Waals surface area contributed by atoms with Crippen molar-refractivity contribution in [3.63, 3.8) is 0 Å². The largest absolute Gasteiger partial charge is 0.298 e. The van der Waals surface area contributed by atoms with Gasteiger partial charge < -0.3 is 0 Å². The molecule has 1 N–H and O–H groups in total. The van der Waals surface area contributed by atoms with Crippen LogP contribution in [0.4, 0.5) is 5.13 Å². The predicted molar refractivity (Wildman–Crippen MR) is 120 cm³/mol. The van der Waals surface area contributed by atoms with Crippen molar-refractivity contribution in [3.05, 3.63) is 63.5 Å². The first-order valence-electron chi connectivity index (χ1n) is 9.06. The third-order valence-corrected chi connectivity index (χ3v) is 8.03. The van der Waals surface area contributed by atoms with Gasteiger partial charge in [0.15, 0.2) is 5.13 Å². The molecule has 1 amide bonds. The molecule has 4 rings (SSSR count). The number of benzene rings is 2. The van der Waals surface area contributed by atoms with Crippen molar-refractivity contribution in [3.8, 4) is 11.3 Å². The Bertz CT molecular complexity index is 1210. The minimum atomic E-state index is -3.54. The fourth-order valence-electron chi connectivity index (χ4n) is 2.90. The molecular formula is C20H17Cl2N3O3S2. The third-order valence-electron chi connectivity index (χ3n) is 4.78. The molecule has 1 saturated carbocycles. The van der Waals surface area contributed by atoms with Crippen LogP contribution >= 0.6 is 34.5 Å². The van der Waals surface area contributed by atoms with Gasteiger partial charge in [0.25, 0.3) is 5.91 Å². The zero-order valence-electron chi connectivity index (χ0n) is 15.8. The number of aromatic nitrogens is 1. The van der Waals surface area contributed by atoms with Crippen LogP contribution in [-0.2, 0) is 10.0 Å². The number of hydrogen-bond donors (Lipinski definition) is 1. The van der Waals surface area contributed by atoms with Crippen LogP contribution in [0.25, 0.3) is 11.3 Å². The van der Waals surface area contributed by atoms with E-state index in [1.807, 2.05) is 0 Å². The van der Waals surface area contributed by atoms with E-state index < -0.39 is 10.0 Å². The highest BCUT2D eigenvalue weighted by Crippen LogP contribution is 2.33. The molecule has 0 bridgehead atoms. The van der Waals surface area contributed by atoms with Gasteiger partial charge >= 0.3 is 0 Å². The Kier molecular flexibility index (Phi) is 5.87. The summed E-state index contributed by atoms with van der Waals surface area (Å²) >= 11 is 13.5. The number of hydrogen-bond acceptors (Lipinski definition) is 5. The van der Waals surface area contributed by atoms with Crippen molar-refractivity contribution in [1.29, 1.82) is 0 Å². The summed E-state index contributed by atoms with van der Waals surface area (Å²) < 4.78 is 26.5. The molecule has 0 atom stereocenters. The summed E-state index contributed by atoms with van der Waals surface area (Å²) in [6.45, 7) is 0. The number of nitrogens with one attached hydrogen (secondary N) is 1. The van der Waals surface area contributed by atoms with E-state index in [1.165, 1.54) is 39.9 Å². The Morgan fingerprint density at radius 1 is 1.17 bits per heavy atom. The highest BCUT2D eigenvalue weighted by Gasteiger charge is 2.35. The minimum absolute atomic E-state index is 0.0741. The van der Waals surface area contributed by atoms with Crippen LogP contribution in [0.5, 0.6) is 0 Å². The molecule has 1 aromatic heterocycles. The lowest BCUT2D eigenvalue weighted by molar-refractivity contribution is 0.102. The van der Waals surface area contributed by atoms with Gasteiger partial charge in [0, 0.05) is 34.6 Å². The van der Waals surface area contributed by atoms with Crippen LogP contribution < -0.4 is 5.32 Å². The SMILES string of the molecule is CN(C1CC1)S(=O)(=O)c1ccc(C(=O)Nc2nc(-c3cc(Cl)ccc3Cl)cs2)cc1. The van der Waals surface area contributed by atoms with Crippen molar-refractivity contribution in [2.75, 3.05) is 12.4 Å². The van der Waals surface area contributed by atoms with Gasteiger partial charge in [-0.2, -0.15) is 4.31 Å². The summed E-state index contributed by atoms with van der Waals surface area (Å²) in [4.78, 5) is 17.1. The molecule has 1 aliphatic carbocycles. The van der Waals surface area contributed by atoms with Gasteiger partial charge in [0.2, 0.25) is 10.0 Å². The summed E-state index contributed by atoms with van der Waals surface area (Å²) in [6, 6.07) is 11.0. The number of carbonyl (C=O) groups is 1. The van der Waals surface area contributed by atoms with E-state index in [4.69, 9.17) is 23.2 Å². The first kappa shape index (κ1) is 21.3. The summed E-state index contributed by atoms with van der Waals surface area (Å²) in [6.07, 6.45) is 1.76. The van der Waals surface area contributed by atoms with Crippen LogP contribution in [-0.4, -0.2) is 36.7 Å². The summed E-state index contributed by atoms with van der Waals surface area (Å²) in [7, 11) is -1.96. The first-order valence-corrected chi connectivity index (χ1v) is 12.1. The molecule has 0 spiro atoms. The topological polar surface area (TPSA) is 79.4 Å². The molecule has 0 unspecified atom stereocenters. The Labute approximate surface area is 188 Å². The molecule has 3 aromatic rings. The van der Waals surface area contributed by atoms with Crippen molar-refractivity contribution < 1.29 is 13.2 Å². The normalized spacial score (nSPS) is 14.1. The van der Waals surface area contributed by atoms with Crippen LogP contribution in [0.2, 0.25) is 10.0 Å². The second kappa shape index (κ2) is 8.28. The van der Waals surface area contributed by atoms with Gasteiger partial charge in [0.1, 0.15) is 0 Å². The zero-order chi connectivity index (χ0) is 21.5. The number of amides is 1. The molecule has 1 aliphatic rings. The van der Waals surface area contributed by atoms with E-state index >= 15 is 0 Å². The summed E-state index contributed by atoms with van der Waals surface area (Å²) in [5.41, 5.74) is 1.61. The quantitative estimate of drug-likeness (QED) is 0.527. The Balaban J connectivity index is 1.48. The Morgan fingerprint density at radius 2 is 1.87 bits per heavy atom. The Morgan fingerprint density at radius 3 is 2.53 bits per heavy atom. The fourth-order valence-corrected chi connectivity index (χ4v) is 5.40. The molecule has 10 heteroatoms. The van der Waals surface area contributed by atoms with E-state index in [1.54, 1.807) is 30.6 Å². The molecule has 1 fully saturated rings. The van der Waals surface area contributed by atoms with Crippen molar-refractivity contribution in [1.82, 2.24) is 9.29 Å². The highest BCUT2D eigenvalue weighted by molar-refractivity contribution is 7.89. The van der Waals surface area contributed by atoms with Gasteiger partial charge in [-0.25, -0.2) is 13.4 Å². The van der Waals surface area contributed by atoms with E-state index in [2.05, 4.69) is 10.3 Å². The lowest BCUT2D eigenvalue weighted by Gasteiger charge is -2.16. The summed E-state index contributed by atoms with van der Waals surface area (Å²) in [5, 5.41) is 5.94.